The number of hydrogen-bond donors (Lipinski definition) is 1. The lowest BCUT2D eigenvalue weighted by molar-refractivity contribution is -0.384. The highest BCUT2D eigenvalue weighted by atomic mass is 35.5. The standard InChI is InChI=1S/C13H8ClNO4/c14-11-6-5-10(7-12(11)15(18)19)8-1-3-9(4-2-8)13(16)17/h1-7H,(H,16,17). The minimum atomic E-state index is -1.02. The van der Waals surface area contributed by atoms with Crippen molar-refractivity contribution in [1.82, 2.24) is 0 Å². The Labute approximate surface area is 113 Å². The summed E-state index contributed by atoms with van der Waals surface area (Å²) in [6.07, 6.45) is 0. The molecule has 5 nitrogen and oxygen atoms in total. The molecule has 0 amide bonds. The van der Waals surface area contributed by atoms with Gasteiger partial charge in [0.05, 0.1) is 10.5 Å². The maximum atomic E-state index is 10.8. The van der Waals surface area contributed by atoms with Crippen molar-refractivity contribution in [3.05, 3.63) is 63.2 Å². The van der Waals surface area contributed by atoms with E-state index in [1.54, 1.807) is 18.2 Å². The van der Waals surface area contributed by atoms with Crippen molar-refractivity contribution in [3.8, 4) is 11.1 Å². The highest BCUT2D eigenvalue weighted by molar-refractivity contribution is 6.32. The molecule has 2 aromatic carbocycles. The summed E-state index contributed by atoms with van der Waals surface area (Å²) in [4.78, 5) is 21.0. The first-order valence-electron chi connectivity index (χ1n) is 5.26. The topological polar surface area (TPSA) is 80.4 Å². The van der Waals surface area contributed by atoms with Crippen LogP contribution in [0.15, 0.2) is 42.5 Å². The van der Waals surface area contributed by atoms with Crippen LogP contribution < -0.4 is 0 Å². The molecule has 0 aromatic heterocycles. The van der Waals surface area contributed by atoms with Crippen LogP contribution in [0.1, 0.15) is 10.4 Å². The second kappa shape index (κ2) is 5.07. The van der Waals surface area contributed by atoms with E-state index in [2.05, 4.69) is 0 Å². The zero-order valence-electron chi connectivity index (χ0n) is 9.54. The minimum absolute atomic E-state index is 0.0657. The number of hydrogen-bond acceptors (Lipinski definition) is 3. The van der Waals surface area contributed by atoms with Gasteiger partial charge in [0.2, 0.25) is 0 Å². The molecule has 0 heterocycles. The summed E-state index contributed by atoms with van der Waals surface area (Å²) < 4.78 is 0. The van der Waals surface area contributed by atoms with Crippen LogP contribution in [0.25, 0.3) is 11.1 Å². The third-order valence-corrected chi connectivity index (χ3v) is 2.93. The molecule has 2 aromatic rings. The molecule has 0 saturated carbocycles. The van der Waals surface area contributed by atoms with Gasteiger partial charge in [0.25, 0.3) is 5.69 Å². The minimum Gasteiger partial charge on any atom is -0.478 e. The van der Waals surface area contributed by atoms with Crippen LogP contribution in [0.2, 0.25) is 5.02 Å². The van der Waals surface area contributed by atoms with Gasteiger partial charge in [-0.3, -0.25) is 10.1 Å². The van der Waals surface area contributed by atoms with Gasteiger partial charge in [-0.05, 0) is 29.3 Å². The maximum absolute atomic E-state index is 10.8. The number of carboxylic acid groups (broad SMARTS) is 1. The van der Waals surface area contributed by atoms with Crippen molar-refractivity contribution >= 4 is 23.3 Å². The average molecular weight is 278 g/mol. The summed E-state index contributed by atoms with van der Waals surface area (Å²) in [6.45, 7) is 0. The summed E-state index contributed by atoms with van der Waals surface area (Å²) in [5, 5.41) is 19.7. The number of aromatic carboxylic acids is 1. The number of halogens is 1. The van der Waals surface area contributed by atoms with E-state index in [1.807, 2.05) is 0 Å². The number of nitro groups is 1. The number of carboxylic acids is 1. The fourth-order valence-electron chi connectivity index (χ4n) is 1.64. The molecule has 6 heteroatoms. The smallest absolute Gasteiger partial charge is 0.335 e. The van der Waals surface area contributed by atoms with E-state index in [4.69, 9.17) is 16.7 Å². The van der Waals surface area contributed by atoms with Crippen molar-refractivity contribution in [3.63, 3.8) is 0 Å². The zero-order valence-corrected chi connectivity index (χ0v) is 10.3. The summed E-state index contributed by atoms with van der Waals surface area (Å²) in [7, 11) is 0. The Morgan fingerprint density at radius 2 is 1.68 bits per heavy atom. The Hall–Kier alpha value is -2.40. The fourth-order valence-corrected chi connectivity index (χ4v) is 1.82. The van der Waals surface area contributed by atoms with Crippen molar-refractivity contribution in [2.75, 3.05) is 0 Å². The van der Waals surface area contributed by atoms with Crippen molar-refractivity contribution in [1.29, 1.82) is 0 Å². The Bertz CT molecular complexity index is 652. The van der Waals surface area contributed by atoms with E-state index in [0.717, 1.165) is 0 Å². The van der Waals surface area contributed by atoms with E-state index in [1.165, 1.54) is 24.3 Å². The Balaban J connectivity index is 2.44. The van der Waals surface area contributed by atoms with E-state index in [9.17, 15) is 14.9 Å². The fraction of sp³-hybridized carbons (Fsp3) is 0. The molecule has 0 aliphatic heterocycles. The monoisotopic (exact) mass is 277 g/mol. The van der Waals surface area contributed by atoms with Crippen molar-refractivity contribution < 1.29 is 14.8 Å². The Morgan fingerprint density at radius 1 is 1.11 bits per heavy atom. The van der Waals surface area contributed by atoms with Crippen LogP contribution in [0.3, 0.4) is 0 Å². The van der Waals surface area contributed by atoms with Crippen LogP contribution in [0, 0.1) is 10.1 Å². The van der Waals surface area contributed by atoms with Gasteiger partial charge >= 0.3 is 5.97 Å². The third kappa shape index (κ3) is 2.71. The second-order valence-electron chi connectivity index (χ2n) is 3.81. The molecule has 2 rings (SSSR count). The first kappa shape index (κ1) is 13.0. The zero-order chi connectivity index (χ0) is 14.0. The predicted octanol–water partition coefficient (Wildman–Crippen LogP) is 3.61. The lowest BCUT2D eigenvalue weighted by atomic mass is 10.0. The molecule has 0 aliphatic rings. The predicted molar refractivity (Wildman–Crippen MR) is 70.5 cm³/mol. The van der Waals surface area contributed by atoms with E-state index in [0.29, 0.717) is 11.1 Å². The van der Waals surface area contributed by atoms with Gasteiger partial charge in [0.15, 0.2) is 0 Å². The molecular formula is C13H8ClNO4. The molecule has 0 bridgehead atoms. The number of nitro benzene ring substituents is 1. The molecule has 96 valence electrons. The molecule has 0 radical (unpaired) electrons. The lowest BCUT2D eigenvalue weighted by Gasteiger charge is -2.03. The first-order valence-corrected chi connectivity index (χ1v) is 5.64. The van der Waals surface area contributed by atoms with E-state index >= 15 is 0 Å². The second-order valence-corrected chi connectivity index (χ2v) is 4.21. The van der Waals surface area contributed by atoms with Crippen LogP contribution >= 0.6 is 11.6 Å². The van der Waals surface area contributed by atoms with Crippen LogP contribution in [-0.2, 0) is 0 Å². The number of benzene rings is 2. The van der Waals surface area contributed by atoms with E-state index in [-0.39, 0.29) is 16.3 Å². The largest absolute Gasteiger partial charge is 0.478 e. The van der Waals surface area contributed by atoms with Gasteiger partial charge in [0, 0.05) is 6.07 Å². The molecule has 0 saturated heterocycles. The maximum Gasteiger partial charge on any atom is 0.335 e. The molecule has 1 N–H and O–H groups in total. The van der Waals surface area contributed by atoms with Gasteiger partial charge < -0.3 is 5.11 Å². The summed E-state index contributed by atoms with van der Waals surface area (Å²) in [5.74, 6) is -1.02. The van der Waals surface area contributed by atoms with Gasteiger partial charge in [-0.15, -0.1) is 0 Å². The quantitative estimate of drug-likeness (QED) is 0.686. The Kier molecular flexibility index (Phi) is 3.48. The average Bonchev–Trinajstić information content (AvgIpc) is 2.39. The van der Waals surface area contributed by atoms with Crippen LogP contribution in [0.4, 0.5) is 5.69 Å². The number of rotatable bonds is 3. The normalized spacial score (nSPS) is 10.2. The van der Waals surface area contributed by atoms with Crippen molar-refractivity contribution in [2.45, 2.75) is 0 Å². The third-order valence-electron chi connectivity index (χ3n) is 2.61. The van der Waals surface area contributed by atoms with Crippen LogP contribution in [-0.4, -0.2) is 16.0 Å². The van der Waals surface area contributed by atoms with E-state index < -0.39 is 10.9 Å². The first-order chi connectivity index (χ1) is 8.99. The molecule has 0 atom stereocenters. The summed E-state index contributed by atoms with van der Waals surface area (Å²) >= 11 is 5.73. The summed E-state index contributed by atoms with van der Waals surface area (Å²) in [5.41, 5.74) is 1.27. The molecule has 0 spiro atoms. The van der Waals surface area contributed by atoms with Gasteiger partial charge in [-0.25, -0.2) is 4.79 Å². The molecule has 19 heavy (non-hydrogen) atoms. The molecule has 0 fully saturated rings. The van der Waals surface area contributed by atoms with Gasteiger partial charge in [-0.1, -0.05) is 29.8 Å². The SMILES string of the molecule is O=C(O)c1ccc(-c2ccc(Cl)c([N+](=O)[O-])c2)cc1. The highest BCUT2D eigenvalue weighted by Gasteiger charge is 2.13. The molecule has 0 aliphatic carbocycles. The lowest BCUT2D eigenvalue weighted by Crippen LogP contribution is -1.95. The van der Waals surface area contributed by atoms with Gasteiger partial charge in [0.1, 0.15) is 5.02 Å². The number of nitrogens with zero attached hydrogens (tertiary/aromatic N) is 1. The Morgan fingerprint density at radius 3 is 2.21 bits per heavy atom. The number of carbonyl (C=O) groups is 1. The van der Waals surface area contributed by atoms with Crippen LogP contribution in [0.5, 0.6) is 0 Å². The van der Waals surface area contributed by atoms with Crippen molar-refractivity contribution in [2.24, 2.45) is 0 Å². The summed E-state index contributed by atoms with van der Waals surface area (Å²) in [6, 6.07) is 10.5. The van der Waals surface area contributed by atoms with Gasteiger partial charge in [-0.2, -0.15) is 0 Å². The molecular weight excluding hydrogens is 270 g/mol. The molecule has 0 unspecified atom stereocenters. The highest BCUT2D eigenvalue weighted by Crippen LogP contribution is 2.30.